The molecule has 1 fully saturated rings. The summed E-state index contributed by atoms with van der Waals surface area (Å²) in [5, 5.41) is 0.0567. The van der Waals surface area contributed by atoms with E-state index in [4.69, 9.17) is 16.3 Å². The van der Waals surface area contributed by atoms with Crippen LogP contribution in [0.25, 0.3) is 0 Å². The van der Waals surface area contributed by atoms with Crippen molar-refractivity contribution in [1.29, 1.82) is 0 Å². The Labute approximate surface area is 129 Å². The molecule has 2 heterocycles. The molecule has 0 amide bonds. The van der Waals surface area contributed by atoms with Gasteiger partial charge in [0.25, 0.3) is 0 Å². The zero-order valence-corrected chi connectivity index (χ0v) is 13.7. The average molecular weight is 336 g/mol. The monoisotopic (exact) mass is 335 g/mol. The average Bonchev–Trinajstić information content (AvgIpc) is 2.36. The highest BCUT2D eigenvalue weighted by atomic mass is 35.5. The molecule has 1 saturated heterocycles. The van der Waals surface area contributed by atoms with Gasteiger partial charge in [0.1, 0.15) is 0 Å². The zero-order valence-electron chi connectivity index (χ0n) is 12.2. The second-order valence-corrected chi connectivity index (χ2v) is 7.32. The lowest BCUT2D eigenvalue weighted by Gasteiger charge is -2.33. The van der Waals surface area contributed by atoms with Crippen molar-refractivity contribution in [2.75, 3.05) is 37.3 Å². The first kappa shape index (κ1) is 16.2. The first-order valence-corrected chi connectivity index (χ1v) is 8.76. The number of aromatic nitrogens is 3. The van der Waals surface area contributed by atoms with Gasteiger partial charge >= 0.3 is 6.01 Å². The summed E-state index contributed by atoms with van der Waals surface area (Å²) < 4.78 is 29.8. The van der Waals surface area contributed by atoms with E-state index in [-0.39, 0.29) is 17.4 Å². The molecule has 10 heteroatoms. The zero-order chi connectivity index (χ0) is 15.6. The number of hydrogen-bond acceptors (Lipinski definition) is 7. The van der Waals surface area contributed by atoms with Crippen LogP contribution < -0.4 is 9.64 Å². The summed E-state index contributed by atoms with van der Waals surface area (Å²) in [4.78, 5) is 14.1. The quantitative estimate of drug-likeness (QED) is 0.786. The fraction of sp³-hybridized carbons (Fsp3) is 0.727. The van der Waals surface area contributed by atoms with Crippen LogP contribution >= 0.6 is 11.6 Å². The summed E-state index contributed by atoms with van der Waals surface area (Å²) in [6.07, 6.45) is 1.13. The Morgan fingerprint density at radius 3 is 2.29 bits per heavy atom. The Hall–Kier alpha value is -1.19. The van der Waals surface area contributed by atoms with Gasteiger partial charge in [-0.25, -0.2) is 8.42 Å². The number of sulfonamides is 1. The Bertz CT molecular complexity index is 602. The van der Waals surface area contributed by atoms with Gasteiger partial charge in [-0.05, 0) is 25.4 Å². The minimum Gasteiger partial charge on any atom is -0.461 e. The molecule has 1 aliphatic heterocycles. The molecule has 1 aromatic rings. The van der Waals surface area contributed by atoms with E-state index in [1.165, 1.54) is 10.6 Å². The van der Waals surface area contributed by atoms with E-state index in [0.29, 0.717) is 32.1 Å². The Morgan fingerprint density at radius 2 is 1.76 bits per heavy atom. The molecule has 0 N–H and O–H groups in total. The van der Waals surface area contributed by atoms with Crippen molar-refractivity contribution in [2.24, 2.45) is 0 Å². The van der Waals surface area contributed by atoms with E-state index in [1.54, 1.807) is 0 Å². The molecule has 1 aromatic heterocycles. The standard InChI is InChI=1S/C11H18ClN5O3S/c1-8(2)20-11-14-9(12)13-10(15-11)16-4-6-17(7-5-16)21(3,18)19/h8H,4-7H2,1-3H3. The maximum absolute atomic E-state index is 11.5. The van der Waals surface area contributed by atoms with Gasteiger partial charge in [-0.1, -0.05) is 0 Å². The predicted octanol–water partition coefficient (Wildman–Crippen LogP) is 0.394. The van der Waals surface area contributed by atoms with Crippen LogP contribution in [0.2, 0.25) is 5.28 Å². The van der Waals surface area contributed by atoms with Crippen molar-refractivity contribution >= 4 is 27.6 Å². The van der Waals surface area contributed by atoms with E-state index in [2.05, 4.69) is 15.0 Å². The van der Waals surface area contributed by atoms with Crippen molar-refractivity contribution in [3.8, 4) is 6.01 Å². The van der Waals surface area contributed by atoms with Gasteiger partial charge in [0.2, 0.25) is 21.3 Å². The molecule has 0 radical (unpaired) electrons. The molecule has 1 aliphatic rings. The lowest BCUT2D eigenvalue weighted by atomic mass is 10.4. The van der Waals surface area contributed by atoms with Crippen LogP contribution in [0.3, 0.4) is 0 Å². The molecule has 0 bridgehead atoms. The number of nitrogens with zero attached hydrogens (tertiary/aromatic N) is 5. The lowest BCUT2D eigenvalue weighted by Crippen LogP contribution is -2.48. The number of ether oxygens (including phenoxy) is 1. The smallest absolute Gasteiger partial charge is 0.322 e. The van der Waals surface area contributed by atoms with Crippen molar-refractivity contribution in [3.63, 3.8) is 0 Å². The minimum atomic E-state index is -3.16. The second kappa shape index (κ2) is 6.29. The topological polar surface area (TPSA) is 88.5 Å². The molecule has 0 unspecified atom stereocenters. The van der Waals surface area contributed by atoms with Crippen LogP contribution in [0.5, 0.6) is 6.01 Å². The number of piperazine rings is 1. The van der Waals surface area contributed by atoms with Gasteiger partial charge in [-0.3, -0.25) is 0 Å². The first-order valence-electron chi connectivity index (χ1n) is 6.54. The van der Waals surface area contributed by atoms with Gasteiger partial charge in [0.05, 0.1) is 12.4 Å². The molecule has 2 rings (SSSR count). The van der Waals surface area contributed by atoms with Gasteiger partial charge in [-0.2, -0.15) is 19.3 Å². The number of halogens is 1. The van der Waals surface area contributed by atoms with Crippen LogP contribution in [-0.2, 0) is 10.0 Å². The molecule has 0 aromatic carbocycles. The van der Waals surface area contributed by atoms with Crippen LogP contribution in [0, 0.1) is 0 Å². The van der Waals surface area contributed by atoms with E-state index in [9.17, 15) is 8.42 Å². The molecular weight excluding hydrogens is 318 g/mol. The molecule has 0 aliphatic carbocycles. The summed E-state index contributed by atoms with van der Waals surface area (Å²) >= 11 is 5.88. The summed E-state index contributed by atoms with van der Waals surface area (Å²) in [5.74, 6) is 0.402. The maximum atomic E-state index is 11.5. The van der Waals surface area contributed by atoms with Crippen LogP contribution in [0.15, 0.2) is 0 Å². The fourth-order valence-electron chi connectivity index (χ4n) is 1.95. The number of rotatable bonds is 4. The number of anilines is 1. The Balaban J connectivity index is 2.11. The van der Waals surface area contributed by atoms with Crippen molar-refractivity contribution in [3.05, 3.63) is 5.28 Å². The minimum absolute atomic E-state index is 0.0567. The lowest BCUT2D eigenvalue weighted by molar-refractivity contribution is 0.221. The van der Waals surface area contributed by atoms with E-state index < -0.39 is 10.0 Å². The highest BCUT2D eigenvalue weighted by Gasteiger charge is 2.25. The van der Waals surface area contributed by atoms with E-state index in [0.717, 1.165) is 0 Å². The third-order valence-corrected chi connectivity index (χ3v) is 4.38. The molecular formula is C11H18ClN5O3S. The molecule has 21 heavy (non-hydrogen) atoms. The summed E-state index contributed by atoms with van der Waals surface area (Å²) in [6.45, 7) is 5.50. The molecule has 0 atom stereocenters. The summed E-state index contributed by atoms with van der Waals surface area (Å²) in [7, 11) is -3.16. The van der Waals surface area contributed by atoms with Gasteiger partial charge in [-0.15, -0.1) is 0 Å². The van der Waals surface area contributed by atoms with Crippen LogP contribution in [0.1, 0.15) is 13.8 Å². The largest absolute Gasteiger partial charge is 0.461 e. The second-order valence-electron chi connectivity index (χ2n) is 5.00. The van der Waals surface area contributed by atoms with Crippen molar-refractivity contribution in [2.45, 2.75) is 20.0 Å². The van der Waals surface area contributed by atoms with Crippen molar-refractivity contribution < 1.29 is 13.2 Å². The fourth-order valence-corrected chi connectivity index (χ4v) is 2.92. The summed E-state index contributed by atoms with van der Waals surface area (Å²) in [5.41, 5.74) is 0. The van der Waals surface area contributed by atoms with E-state index in [1.807, 2.05) is 18.7 Å². The highest BCUT2D eigenvalue weighted by Crippen LogP contribution is 2.18. The Morgan fingerprint density at radius 1 is 1.14 bits per heavy atom. The van der Waals surface area contributed by atoms with Crippen LogP contribution in [0.4, 0.5) is 5.95 Å². The van der Waals surface area contributed by atoms with Gasteiger partial charge < -0.3 is 9.64 Å². The Kier molecular flexibility index (Phi) is 4.84. The third-order valence-electron chi connectivity index (χ3n) is 2.91. The first-order chi connectivity index (χ1) is 9.75. The normalized spacial score (nSPS) is 17.3. The van der Waals surface area contributed by atoms with Crippen LogP contribution in [-0.4, -0.2) is 66.2 Å². The van der Waals surface area contributed by atoms with Gasteiger partial charge in [0, 0.05) is 26.2 Å². The maximum Gasteiger partial charge on any atom is 0.322 e. The molecule has 0 spiro atoms. The predicted molar refractivity (Wildman–Crippen MR) is 79.2 cm³/mol. The third kappa shape index (κ3) is 4.39. The summed E-state index contributed by atoms with van der Waals surface area (Å²) in [6, 6.07) is 0.172. The number of hydrogen-bond donors (Lipinski definition) is 0. The van der Waals surface area contributed by atoms with Crippen molar-refractivity contribution in [1.82, 2.24) is 19.3 Å². The molecule has 118 valence electrons. The molecule has 8 nitrogen and oxygen atoms in total. The van der Waals surface area contributed by atoms with E-state index >= 15 is 0 Å². The SMILES string of the molecule is CC(C)Oc1nc(Cl)nc(N2CCN(S(C)(=O)=O)CC2)n1. The van der Waals surface area contributed by atoms with Gasteiger partial charge in [0.15, 0.2) is 0 Å². The molecule has 0 saturated carbocycles. The highest BCUT2D eigenvalue weighted by molar-refractivity contribution is 7.88.